The lowest BCUT2D eigenvalue weighted by Crippen LogP contribution is -2.17. The Hall–Kier alpha value is -3.06. The number of aryl methyl sites for hydroxylation is 2. The van der Waals surface area contributed by atoms with Crippen molar-refractivity contribution >= 4 is 28.1 Å². The highest BCUT2D eigenvalue weighted by molar-refractivity contribution is 9.10. The second-order valence-electron chi connectivity index (χ2n) is 6.68. The third-order valence-corrected chi connectivity index (χ3v) is 5.56. The first-order chi connectivity index (χ1) is 13.8. The van der Waals surface area contributed by atoms with Crippen molar-refractivity contribution in [2.24, 2.45) is 5.10 Å². The van der Waals surface area contributed by atoms with Crippen molar-refractivity contribution in [2.45, 2.75) is 20.8 Å². The molecule has 0 bridgehead atoms. The lowest BCUT2D eigenvalue weighted by atomic mass is 10.2. The number of carbonyl (C=O) groups excluding carboxylic acids is 1. The molecule has 3 aromatic rings. The number of hydrogen-bond donors (Lipinski definition) is 2. The molecule has 0 fully saturated rings. The Bertz CT molecular complexity index is 1100. The molecule has 0 saturated heterocycles. The highest BCUT2D eigenvalue weighted by Crippen LogP contribution is 2.25. The van der Waals surface area contributed by atoms with Crippen molar-refractivity contribution in [3.63, 3.8) is 0 Å². The maximum atomic E-state index is 12.3. The van der Waals surface area contributed by atoms with E-state index in [-0.39, 0.29) is 11.3 Å². The van der Waals surface area contributed by atoms with Crippen LogP contribution in [-0.4, -0.2) is 28.9 Å². The molecular formula is C22H22BrN3O3. The summed E-state index contributed by atoms with van der Waals surface area (Å²) in [7, 11) is 1.49. The molecule has 1 amide bonds. The summed E-state index contributed by atoms with van der Waals surface area (Å²) in [6, 6.07) is 12.7. The molecule has 2 aromatic carbocycles. The van der Waals surface area contributed by atoms with Crippen molar-refractivity contribution in [1.82, 2.24) is 9.99 Å². The van der Waals surface area contributed by atoms with Crippen LogP contribution in [0.1, 0.15) is 32.9 Å². The Morgan fingerprint density at radius 2 is 1.93 bits per heavy atom. The molecule has 0 radical (unpaired) electrons. The van der Waals surface area contributed by atoms with Gasteiger partial charge in [-0.2, -0.15) is 5.10 Å². The summed E-state index contributed by atoms with van der Waals surface area (Å²) in [6.07, 6.45) is 1.60. The molecule has 6 nitrogen and oxygen atoms in total. The number of nitrogens with one attached hydrogen (secondary N) is 1. The first-order valence-electron chi connectivity index (χ1n) is 8.97. The number of hydrazone groups is 1. The van der Waals surface area contributed by atoms with Gasteiger partial charge in [-0.15, -0.1) is 0 Å². The highest BCUT2D eigenvalue weighted by Gasteiger charge is 2.13. The zero-order valence-electron chi connectivity index (χ0n) is 16.7. The number of ether oxygens (including phenoxy) is 1. The average Bonchev–Trinajstić information content (AvgIpc) is 2.97. The monoisotopic (exact) mass is 455 g/mol. The Morgan fingerprint density at radius 1 is 1.17 bits per heavy atom. The molecule has 0 aliphatic rings. The number of carbonyl (C=O) groups is 1. The van der Waals surface area contributed by atoms with Crippen LogP contribution in [0, 0.1) is 20.8 Å². The predicted octanol–water partition coefficient (Wildman–Crippen LogP) is 4.64. The summed E-state index contributed by atoms with van der Waals surface area (Å²) in [5.41, 5.74) is 7.73. The van der Waals surface area contributed by atoms with Crippen LogP contribution in [0.3, 0.4) is 0 Å². The quantitative estimate of drug-likeness (QED) is 0.434. The highest BCUT2D eigenvalue weighted by atomic mass is 79.9. The Morgan fingerprint density at radius 3 is 2.59 bits per heavy atom. The van der Waals surface area contributed by atoms with Gasteiger partial charge in [-0.25, -0.2) is 5.43 Å². The fourth-order valence-corrected chi connectivity index (χ4v) is 3.45. The van der Waals surface area contributed by atoms with Crippen LogP contribution >= 0.6 is 15.9 Å². The predicted molar refractivity (Wildman–Crippen MR) is 117 cm³/mol. The second-order valence-corrected chi connectivity index (χ2v) is 7.53. The normalized spacial score (nSPS) is 11.1. The molecule has 0 unspecified atom stereocenters. The van der Waals surface area contributed by atoms with Crippen LogP contribution in [0.15, 0.2) is 52.0 Å². The number of aromatic hydroxyl groups is 1. The second kappa shape index (κ2) is 8.53. The van der Waals surface area contributed by atoms with Gasteiger partial charge >= 0.3 is 0 Å². The van der Waals surface area contributed by atoms with E-state index < -0.39 is 5.91 Å². The fraction of sp³-hybridized carbons (Fsp3) is 0.182. The molecule has 0 spiro atoms. The minimum absolute atomic E-state index is 0.123. The largest absolute Gasteiger partial charge is 0.507 e. The van der Waals surface area contributed by atoms with Crippen LogP contribution in [0.25, 0.3) is 5.69 Å². The van der Waals surface area contributed by atoms with E-state index in [0.29, 0.717) is 5.75 Å². The van der Waals surface area contributed by atoms with E-state index in [1.54, 1.807) is 12.3 Å². The average molecular weight is 456 g/mol. The number of amides is 1. The molecule has 29 heavy (non-hydrogen) atoms. The third kappa shape index (κ3) is 4.35. The lowest BCUT2D eigenvalue weighted by molar-refractivity contribution is 0.0952. The maximum absolute atomic E-state index is 12.3. The molecule has 3 rings (SSSR count). The SMILES string of the molecule is COc1ccc(C(=O)N/N=C\c2cc(C)n(-c3ccc(C)c(Br)c3)c2C)c(O)c1. The molecule has 0 aliphatic carbocycles. The molecule has 1 heterocycles. The van der Waals surface area contributed by atoms with Crippen molar-refractivity contribution in [2.75, 3.05) is 7.11 Å². The van der Waals surface area contributed by atoms with Crippen molar-refractivity contribution in [1.29, 1.82) is 0 Å². The first-order valence-corrected chi connectivity index (χ1v) is 9.77. The number of nitrogens with zero attached hydrogens (tertiary/aromatic N) is 2. The van der Waals surface area contributed by atoms with Gasteiger partial charge in [0.25, 0.3) is 5.91 Å². The zero-order valence-corrected chi connectivity index (χ0v) is 18.2. The van der Waals surface area contributed by atoms with Crippen LogP contribution in [-0.2, 0) is 0 Å². The summed E-state index contributed by atoms with van der Waals surface area (Å²) in [5, 5.41) is 14.0. The third-order valence-electron chi connectivity index (χ3n) is 4.70. The number of benzene rings is 2. The molecule has 0 aliphatic heterocycles. The minimum Gasteiger partial charge on any atom is -0.507 e. The number of phenolic OH excluding ortho intramolecular Hbond substituents is 1. The molecule has 7 heteroatoms. The molecular weight excluding hydrogens is 434 g/mol. The Balaban J connectivity index is 1.79. The van der Waals surface area contributed by atoms with Crippen LogP contribution in [0.2, 0.25) is 0 Å². The maximum Gasteiger partial charge on any atom is 0.275 e. The van der Waals surface area contributed by atoms with Gasteiger partial charge in [-0.05, 0) is 56.7 Å². The van der Waals surface area contributed by atoms with E-state index in [1.165, 1.54) is 24.8 Å². The number of aromatic nitrogens is 1. The van der Waals surface area contributed by atoms with Gasteiger partial charge in [0.2, 0.25) is 0 Å². The van der Waals surface area contributed by atoms with E-state index in [0.717, 1.165) is 27.1 Å². The summed E-state index contributed by atoms with van der Waals surface area (Å²) < 4.78 is 8.19. The molecule has 1 aromatic heterocycles. The van der Waals surface area contributed by atoms with E-state index in [2.05, 4.69) is 49.2 Å². The van der Waals surface area contributed by atoms with Gasteiger partial charge in [-0.3, -0.25) is 4.79 Å². The van der Waals surface area contributed by atoms with E-state index in [1.807, 2.05) is 26.8 Å². The van der Waals surface area contributed by atoms with Gasteiger partial charge < -0.3 is 14.4 Å². The van der Waals surface area contributed by atoms with E-state index >= 15 is 0 Å². The summed E-state index contributed by atoms with van der Waals surface area (Å²) in [5.74, 6) is -0.199. The van der Waals surface area contributed by atoms with Crippen molar-refractivity contribution in [3.05, 3.63) is 75.0 Å². The lowest BCUT2D eigenvalue weighted by Gasteiger charge is -2.11. The van der Waals surface area contributed by atoms with E-state index in [4.69, 9.17) is 4.74 Å². The Kier molecular flexibility index (Phi) is 6.08. The summed E-state index contributed by atoms with van der Waals surface area (Å²) in [6.45, 7) is 6.07. The van der Waals surface area contributed by atoms with Gasteiger partial charge in [-0.1, -0.05) is 22.0 Å². The van der Waals surface area contributed by atoms with Gasteiger partial charge in [0.1, 0.15) is 11.5 Å². The van der Waals surface area contributed by atoms with E-state index in [9.17, 15) is 9.90 Å². The van der Waals surface area contributed by atoms with Crippen LogP contribution in [0.4, 0.5) is 0 Å². The standard InChI is InChI=1S/C22H22BrN3O3/c1-13-5-6-17(10-20(13)23)26-14(2)9-16(15(26)3)12-24-25-22(28)19-8-7-18(29-4)11-21(19)27/h5-12,27H,1-4H3,(H,25,28)/b24-12-. The summed E-state index contributed by atoms with van der Waals surface area (Å²) in [4.78, 5) is 12.3. The number of halogens is 1. The van der Waals surface area contributed by atoms with Crippen molar-refractivity contribution in [3.8, 4) is 17.2 Å². The fourth-order valence-electron chi connectivity index (χ4n) is 3.09. The number of methoxy groups -OCH3 is 1. The van der Waals surface area contributed by atoms with Crippen molar-refractivity contribution < 1.29 is 14.6 Å². The molecule has 2 N–H and O–H groups in total. The summed E-state index contributed by atoms with van der Waals surface area (Å²) >= 11 is 3.58. The van der Waals surface area contributed by atoms with Gasteiger partial charge in [0, 0.05) is 33.2 Å². The number of phenols is 1. The molecule has 0 atom stereocenters. The topological polar surface area (TPSA) is 75.8 Å². The number of rotatable bonds is 5. The van der Waals surface area contributed by atoms with Crippen LogP contribution < -0.4 is 10.2 Å². The smallest absolute Gasteiger partial charge is 0.275 e. The first kappa shape index (κ1) is 20.7. The Labute approximate surface area is 178 Å². The number of hydrogen-bond acceptors (Lipinski definition) is 4. The molecule has 0 saturated carbocycles. The zero-order chi connectivity index (χ0) is 21.1. The minimum atomic E-state index is -0.502. The molecule has 150 valence electrons. The van der Waals surface area contributed by atoms with Crippen LogP contribution in [0.5, 0.6) is 11.5 Å². The van der Waals surface area contributed by atoms with Gasteiger partial charge in [0.05, 0.1) is 18.9 Å². The van der Waals surface area contributed by atoms with Gasteiger partial charge in [0.15, 0.2) is 0 Å².